The Morgan fingerprint density at radius 1 is 1.29 bits per heavy atom. The fourth-order valence-electron chi connectivity index (χ4n) is 2.55. The zero-order chi connectivity index (χ0) is 15.4. The van der Waals surface area contributed by atoms with Gasteiger partial charge < -0.3 is 5.32 Å². The Morgan fingerprint density at radius 3 is 2.71 bits per heavy atom. The van der Waals surface area contributed by atoms with E-state index in [1.165, 1.54) is 0 Å². The Bertz CT molecular complexity index is 642. The SMILES string of the molecule is CCC(C)CC(C)Nc1ccc([N+](=O)[O-])c2ccncc12. The minimum atomic E-state index is -0.352. The first-order chi connectivity index (χ1) is 10.0. The summed E-state index contributed by atoms with van der Waals surface area (Å²) in [5.41, 5.74) is 1.02. The van der Waals surface area contributed by atoms with Crippen LogP contribution in [-0.2, 0) is 0 Å². The summed E-state index contributed by atoms with van der Waals surface area (Å²) in [5, 5.41) is 16.0. The normalized spacial score (nSPS) is 13.9. The molecule has 5 heteroatoms. The third kappa shape index (κ3) is 3.48. The molecular formula is C16H21N3O2. The molecule has 21 heavy (non-hydrogen) atoms. The summed E-state index contributed by atoms with van der Waals surface area (Å²) in [4.78, 5) is 14.8. The van der Waals surface area contributed by atoms with E-state index in [-0.39, 0.29) is 10.6 Å². The van der Waals surface area contributed by atoms with Crippen molar-refractivity contribution in [2.45, 2.75) is 39.7 Å². The number of nitro groups is 1. The first-order valence-corrected chi connectivity index (χ1v) is 7.30. The van der Waals surface area contributed by atoms with Crippen LogP contribution in [0.4, 0.5) is 11.4 Å². The highest BCUT2D eigenvalue weighted by Gasteiger charge is 2.15. The number of hydrogen-bond acceptors (Lipinski definition) is 4. The van der Waals surface area contributed by atoms with Gasteiger partial charge >= 0.3 is 0 Å². The Kier molecular flexibility index (Phi) is 4.73. The number of fused-ring (bicyclic) bond motifs is 1. The number of nitrogens with one attached hydrogen (secondary N) is 1. The predicted molar refractivity (Wildman–Crippen MR) is 85.6 cm³/mol. The average molecular weight is 287 g/mol. The summed E-state index contributed by atoms with van der Waals surface area (Å²) < 4.78 is 0. The van der Waals surface area contributed by atoms with Crippen LogP contribution in [0.5, 0.6) is 0 Å². The molecule has 1 aromatic heterocycles. The molecule has 1 N–H and O–H groups in total. The molecular weight excluding hydrogens is 266 g/mol. The second-order valence-corrected chi connectivity index (χ2v) is 5.61. The van der Waals surface area contributed by atoms with Gasteiger partial charge in [-0.05, 0) is 31.4 Å². The summed E-state index contributed by atoms with van der Waals surface area (Å²) in [5.74, 6) is 0.648. The van der Waals surface area contributed by atoms with Gasteiger partial charge in [0, 0.05) is 35.6 Å². The maximum absolute atomic E-state index is 11.1. The van der Waals surface area contributed by atoms with Crippen molar-refractivity contribution in [1.29, 1.82) is 0 Å². The van der Waals surface area contributed by atoms with E-state index < -0.39 is 0 Å². The van der Waals surface area contributed by atoms with E-state index in [9.17, 15) is 10.1 Å². The van der Waals surface area contributed by atoms with Crippen LogP contribution < -0.4 is 5.32 Å². The van der Waals surface area contributed by atoms with E-state index in [0.29, 0.717) is 17.3 Å². The summed E-state index contributed by atoms with van der Waals surface area (Å²) in [7, 11) is 0. The number of pyridine rings is 1. The fourth-order valence-corrected chi connectivity index (χ4v) is 2.55. The van der Waals surface area contributed by atoms with E-state index in [1.807, 2.05) is 0 Å². The van der Waals surface area contributed by atoms with Gasteiger partial charge in [0.15, 0.2) is 0 Å². The van der Waals surface area contributed by atoms with Gasteiger partial charge in [0.2, 0.25) is 0 Å². The lowest BCUT2D eigenvalue weighted by molar-refractivity contribution is -0.383. The number of nitrogens with zero attached hydrogens (tertiary/aromatic N) is 2. The Balaban J connectivity index is 2.33. The molecule has 2 atom stereocenters. The van der Waals surface area contributed by atoms with E-state index in [2.05, 4.69) is 31.1 Å². The lowest BCUT2D eigenvalue weighted by atomic mass is 10.00. The topological polar surface area (TPSA) is 68.1 Å². The molecule has 0 aliphatic carbocycles. The number of rotatable bonds is 6. The van der Waals surface area contributed by atoms with Gasteiger partial charge in [0.05, 0.1) is 10.3 Å². The minimum Gasteiger partial charge on any atom is -0.382 e. The number of nitro benzene ring substituents is 1. The van der Waals surface area contributed by atoms with Gasteiger partial charge in [0.25, 0.3) is 5.69 Å². The highest BCUT2D eigenvalue weighted by Crippen LogP contribution is 2.31. The van der Waals surface area contributed by atoms with Gasteiger partial charge in [-0.15, -0.1) is 0 Å². The Hall–Kier alpha value is -2.17. The van der Waals surface area contributed by atoms with Crippen LogP contribution in [0.25, 0.3) is 10.8 Å². The summed E-state index contributed by atoms with van der Waals surface area (Å²) in [6.45, 7) is 6.55. The lowest BCUT2D eigenvalue weighted by Gasteiger charge is -2.19. The predicted octanol–water partition coefficient (Wildman–Crippen LogP) is 4.38. The van der Waals surface area contributed by atoms with Crippen LogP contribution in [0, 0.1) is 16.0 Å². The van der Waals surface area contributed by atoms with Crippen molar-refractivity contribution in [1.82, 2.24) is 4.98 Å². The van der Waals surface area contributed by atoms with Crippen molar-refractivity contribution in [2.24, 2.45) is 5.92 Å². The van der Waals surface area contributed by atoms with Crippen molar-refractivity contribution in [3.8, 4) is 0 Å². The number of non-ortho nitro benzene ring substituents is 1. The van der Waals surface area contributed by atoms with Crippen molar-refractivity contribution in [3.63, 3.8) is 0 Å². The van der Waals surface area contributed by atoms with Crippen LogP contribution in [0.3, 0.4) is 0 Å². The summed E-state index contributed by atoms with van der Waals surface area (Å²) in [6, 6.07) is 5.33. The molecule has 5 nitrogen and oxygen atoms in total. The van der Waals surface area contributed by atoms with E-state index >= 15 is 0 Å². The van der Waals surface area contributed by atoms with Crippen molar-refractivity contribution in [3.05, 3.63) is 40.7 Å². The monoisotopic (exact) mass is 287 g/mol. The summed E-state index contributed by atoms with van der Waals surface area (Å²) >= 11 is 0. The number of benzene rings is 1. The molecule has 0 bridgehead atoms. The quantitative estimate of drug-likeness (QED) is 0.632. The van der Waals surface area contributed by atoms with Crippen LogP contribution in [0.2, 0.25) is 0 Å². The van der Waals surface area contributed by atoms with E-state index in [1.54, 1.807) is 30.6 Å². The number of aromatic nitrogens is 1. The van der Waals surface area contributed by atoms with E-state index in [4.69, 9.17) is 0 Å². The highest BCUT2D eigenvalue weighted by atomic mass is 16.6. The molecule has 0 spiro atoms. The molecule has 2 rings (SSSR count). The largest absolute Gasteiger partial charge is 0.382 e. The summed E-state index contributed by atoms with van der Waals surface area (Å²) in [6.07, 6.45) is 5.48. The van der Waals surface area contributed by atoms with Crippen molar-refractivity contribution < 1.29 is 4.92 Å². The molecule has 0 saturated carbocycles. The van der Waals surface area contributed by atoms with Gasteiger partial charge in [-0.2, -0.15) is 0 Å². The van der Waals surface area contributed by atoms with Gasteiger partial charge in [0.1, 0.15) is 0 Å². The zero-order valence-electron chi connectivity index (χ0n) is 12.7. The fraction of sp³-hybridized carbons (Fsp3) is 0.438. The molecule has 0 aliphatic heterocycles. The van der Waals surface area contributed by atoms with Crippen LogP contribution in [-0.4, -0.2) is 15.9 Å². The Labute approximate surface area is 124 Å². The number of anilines is 1. The smallest absolute Gasteiger partial charge is 0.277 e. The van der Waals surface area contributed by atoms with Crippen LogP contribution in [0.1, 0.15) is 33.6 Å². The minimum absolute atomic E-state index is 0.118. The van der Waals surface area contributed by atoms with Gasteiger partial charge in [-0.3, -0.25) is 15.1 Å². The maximum atomic E-state index is 11.1. The van der Waals surface area contributed by atoms with E-state index in [0.717, 1.165) is 23.9 Å². The van der Waals surface area contributed by atoms with Crippen LogP contribution in [0.15, 0.2) is 30.6 Å². The van der Waals surface area contributed by atoms with Gasteiger partial charge in [-0.25, -0.2) is 0 Å². The second-order valence-electron chi connectivity index (χ2n) is 5.61. The van der Waals surface area contributed by atoms with Crippen molar-refractivity contribution >= 4 is 22.1 Å². The third-order valence-electron chi connectivity index (χ3n) is 3.85. The molecule has 112 valence electrons. The molecule has 2 unspecified atom stereocenters. The molecule has 0 radical (unpaired) electrons. The van der Waals surface area contributed by atoms with Crippen LogP contribution >= 0.6 is 0 Å². The molecule has 0 fully saturated rings. The molecule has 0 amide bonds. The van der Waals surface area contributed by atoms with Crippen molar-refractivity contribution in [2.75, 3.05) is 5.32 Å². The third-order valence-corrected chi connectivity index (χ3v) is 3.85. The second kappa shape index (κ2) is 6.52. The highest BCUT2D eigenvalue weighted by molar-refractivity contribution is 5.99. The molecule has 2 aromatic rings. The number of hydrogen-bond donors (Lipinski definition) is 1. The molecule has 1 heterocycles. The maximum Gasteiger partial charge on any atom is 0.277 e. The lowest BCUT2D eigenvalue weighted by Crippen LogP contribution is -2.18. The Morgan fingerprint density at radius 2 is 2.05 bits per heavy atom. The first-order valence-electron chi connectivity index (χ1n) is 7.30. The average Bonchev–Trinajstić information content (AvgIpc) is 2.47. The first kappa shape index (κ1) is 15.2. The molecule has 0 aliphatic rings. The van der Waals surface area contributed by atoms with Gasteiger partial charge in [-0.1, -0.05) is 20.3 Å². The zero-order valence-corrected chi connectivity index (χ0v) is 12.7. The molecule has 1 aromatic carbocycles. The standard InChI is InChI=1S/C16H21N3O2/c1-4-11(2)9-12(3)18-15-5-6-16(19(20)21)13-7-8-17-10-14(13)15/h5-8,10-12,18H,4,9H2,1-3H3. The molecule has 0 saturated heterocycles.